The minimum Gasteiger partial charge on any atom is -0.390 e. The van der Waals surface area contributed by atoms with Gasteiger partial charge in [0.25, 0.3) is 0 Å². The summed E-state index contributed by atoms with van der Waals surface area (Å²) < 4.78 is 0. The zero-order valence-electron chi connectivity index (χ0n) is 15.4. The fourth-order valence-electron chi connectivity index (χ4n) is 4.32. The van der Waals surface area contributed by atoms with Gasteiger partial charge in [0.15, 0.2) is 0 Å². The molecule has 2 aliphatic rings. The van der Waals surface area contributed by atoms with Gasteiger partial charge in [0.2, 0.25) is 0 Å². The van der Waals surface area contributed by atoms with Gasteiger partial charge in [-0.05, 0) is 101 Å². The molecule has 2 fully saturated rings. The largest absolute Gasteiger partial charge is 0.390 e. The van der Waals surface area contributed by atoms with Crippen LogP contribution in [0.15, 0.2) is 0 Å². The minimum atomic E-state index is -0.286. The fourth-order valence-corrected chi connectivity index (χ4v) is 4.32. The molecule has 0 unspecified atom stereocenters. The summed E-state index contributed by atoms with van der Waals surface area (Å²) in [5.74, 6) is 3.03. The normalized spacial score (nSPS) is 32.6. The van der Waals surface area contributed by atoms with E-state index in [-0.39, 0.29) is 6.10 Å². The van der Waals surface area contributed by atoms with E-state index >= 15 is 0 Å². The maximum atomic E-state index is 10.1. The third kappa shape index (κ3) is 7.36. The molecule has 0 radical (unpaired) electrons. The Balaban J connectivity index is 1.45. The Morgan fingerprint density at radius 2 is 1.00 bits per heavy atom. The van der Waals surface area contributed by atoms with Crippen molar-refractivity contribution in [1.29, 1.82) is 0 Å². The summed E-state index contributed by atoms with van der Waals surface area (Å²) in [4.78, 5) is 0. The zero-order chi connectivity index (χ0) is 17.2. The summed E-state index contributed by atoms with van der Waals surface area (Å²) in [6.07, 6.45) is 9.97. The highest BCUT2D eigenvalue weighted by Crippen LogP contribution is 2.28. The maximum Gasteiger partial charge on any atom is 0.0788 e. The molecular weight excluding hydrogens is 300 g/mol. The van der Waals surface area contributed by atoms with Crippen LogP contribution >= 0.6 is 0 Å². The summed E-state index contributed by atoms with van der Waals surface area (Å²) in [7, 11) is 0. The molecule has 0 heterocycles. The van der Waals surface area contributed by atoms with Gasteiger partial charge in [-0.1, -0.05) is 0 Å². The van der Waals surface area contributed by atoms with Gasteiger partial charge in [0, 0.05) is 13.1 Å². The Hall–Kier alpha value is -0.200. The van der Waals surface area contributed by atoms with E-state index in [9.17, 15) is 5.11 Å². The van der Waals surface area contributed by atoms with E-state index in [1.165, 1.54) is 51.4 Å². The molecule has 0 bridgehead atoms. The standard InChI is InChI=1S/C19H40N4O/c20-9-15-1-5-17(6-2-15)11-22-13-19(24)14-23-12-18-7-3-16(10-21)4-8-18/h15-19,22-24H,1-14,20-21H2. The summed E-state index contributed by atoms with van der Waals surface area (Å²) in [6.45, 7) is 5.17. The molecule has 0 aromatic rings. The van der Waals surface area contributed by atoms with Gasteiger partial charge < -0.3 is 27.2 Å². The number of hydrogen-bond acceptors (Lipinski definition) is 5. The smallest absolute Gasteiger partial charge is 0.0788 e. The Morgan fingerprint density at radius 1 is 0.667 bits per heavy atom. The Kier molecular flexibility index (Phi) is 9.57. The highest BCUT2D eigenvalue weighted by Gasteiger charge is 2.21. The molecule has 0 aromatic carbocycles. The first-order chi connectivity index (χ1) is 11.7. The van der Waals surface area contributed by atoms with E-state index in [0.29, 0.717) is 13.1 Å². The highest BCUT2D eigenvalue weighted by molar-refractivity contribution is 4.77. The number of aliphatic hydroxyl groups excluding tert-OH is 1. The molecule has 0 amide bonds. The van der Waals surface area contributed by atoms with Crippen LogP contribution < -0.4 is 22.1 Å². The average Bonchev–Trinajstić information content (AvgIpc) is 2.63. The lowest BCUT2D eigenvalue weighted by Crippen LogP contribution is -2.39. The molecule has 5 nitrogen and oxygen atoms in total. The molecule has 24 heavy (non-hydrogen) atoms. The van der Waals surface area contributed by atoms with Gasteiger partial charge in [0.05, 0.1) is 6.10 Å². The topological polar surface area (TPSA) is 96.3 Å². The van der Waals surface area contributed by atoms with E-state index in [0.717, 1.165) is 49.9 Å². The second-order valence-corrected chi connectivity index (χ2v) is 8.22. The monoisotopic (exact) mass is 340 g/mol. The number of nitrogens with two attached hydrogens (primary N) is 2. The van der Waals surface area contributed by atoms with Crippen molar-refractivity contribution in [2.75, 3.05) is 39.3 Å². The Labute approximate surface area is 148 Å². The van der Waals surface area contributed by atoms with Gasteiger partial charge in [-0.3, -0.25) is 0 Å². The molecule has 2 rings (SSSR count). The van der Waals surface area contributed by atoms with Crippen LogP contribution in [0, 0.1) is 23.7 Å². The van der Waals surface area contributed by atoms with Crippen LogP contribution in [-0.2, 0) is 0 Å². The first-order valence-electron chi connectivity index (χ1n) is 10.2. The molecule has 2 aliphatic carbocycles. The Morgan fingerprint density at radius 3 is 1.33 bits per heavy atom. The van der Waals surface area contributed by atoms with E-state index in [1.54, 1.807) is 0 Å². The predicted octanol–water partition coefficient (Wildman–Crippen LogP) is 1.06. The third-order valence-corrected chi connectivity index (χ3v) is 6.23. The van der Waals surface area contributed by atoms with Gasteiger partial charge in [-0.2, -0.15) is 0 Å². The van der Waals surface area contributed by atoms with Crippen molar-refractivity contribution in [2.45, 2.75) is 57.5 Å². The summed E-state index contributed by atoms with van der Waals surface area (Å²) in [6, 6.07) is 0. The number of rotatable bonds is 10. The van der Waals surface area contributed by atoms with Crippen molar-refractivity contribution in [3.63, 3.8) is 0 Å². The molecule has 142 valence electrons. The van der Waals surface area contributed by atoms with Gasteiger partial charge in [-0.25, -0.2) is 0 Å². The molecule has 0 spiro atoms. The van der Waals surface area contributed by atoms with Crippen molar-refractivity contribution in [3.8, 4) is 0 Å². The average molecular weight is 341 g/mol. The third-order valence-electron chi connectivity index (χ3n) is 6.23. The summed E-state index contributed by atoms with van der Waals surface area (Å²) in [5.41, 5.74) is 11.5. The molecule has 0 aliphatic heterocycles. The number of nitrogens with one attached hydrogen (secondary N) is 2. The highest BCUT2D eigenvalue weighted by atomic mass is 16.3. The molecule has 0 aromatic heterocycles. The SMILES string of the molecule is NCC1CCC(CNCC(O)CNCC2CCC(CN)CC2)CC1. The van der Waals surface area contributed by atoms with Crippen LogP contribution in [0.25, 0.3) is 0 Å². The van der Waals surface area contributed by atoms with Crippen molar-refractivity contribution >= 4 is 0 Å². The zero-order valence-corrected chi connectivity index (χ0v) is 15.4. The second kappa shape index (κ2) is 11.4. The Bertz CT molecular complexity index is 282. The summed E-state index contributed by atoms with van der Waals surface area (Å²) in [5, 5.41) is 17.0. The first kappa shape index (κ1) is 20.1. The molecule has 5 heteroatoms. The minimum absolute atomic E-state index is 0.286. The molecular formula is C19H40N4O. The van der Waals surface area contributed by atoms with E-state index in [4.69, 9.17) is 11.5 Å². The van der Waals surface area contributed by atoms with Crippen molar-refractivity contribution in [2.24, 2.45) is 35.1 Å². The lowest BCUT2D eigenvalue weighted by atomic mass is 9.82. The van der Waals surface area contributed by atoms with Crippen LogP contribution in [0.2, 0.25) is 0 Å². The lowest BCUT2D eigenvalue weighted by Gasteiger charge is -2.28. The van der Waals surface area contributed by atoms with Crippen LogP contribution in [0.1, 0.15) is 51.4 Å². The van der Waals surface area contributed by atoms with Crippen molar-refractivity contribution in [3.05, 3.63) is 0 Å². The quantitative estimate of drug-likeness (QED) is 0.410. The fraction of sp³-hybridized carbons (Fsp3) is 1.00. The number of aliphatic hydroxyl groups is 1. The van der Waals surface area contributed by atoms with E-state index < -0.39 is 0 Å². The lowest BCUT2D eigenvalue weighted by molar-refractivity contribution is 0.159. The molecule has 7 N–H and O–H groups in total. The van der Waals surface area contributed by atoms with E-state index in [2.05, 4.69) is 10.6 Å². The van der Waals surface area contributed by atoms with Gasteiger partial charge in [0.1, 0.15) is 0 Å². The van der Waals surface area contributed by atoms with Gasteiger partial charge in [-0.15, -0.1) is 0 Å². The van der Waals surface area contributed by atoms with Crippen LogP contribution in [0.3, 0.4) is 0 Å². The van der Waals surface area contributed by atoms with Gasteiger partial charge >= 0.3 is 0 Å². The van der Waals surface area contributed by atoms with Crippen LogP contribution in [0.4, 0.5) is 0 Å². The summed E-state index contributed by atoms with van der Waals surface area (Å²) >= 11 is 0. The predicted molar refractivity (Wildman–Crippen MR) is 101 cm³/mol. The second-order valence-electron chi connectivity index (χ2n) is 8.22. The van der Waals surface area contributed by atoms with Crippen molar-refractivity contribution in [1.82, 2.24) is 10.6 Å². The first-order valence-corrected chi connectivity index (χ1v) is 10.2. The maximum absolute atomic E-state index is 10.1. The van der Waals surface area contributed by atoms with Crippen LogP contribution in [0.5, 0.6) is 0 Å². The van der Waals surface area contributed by atoms with Crippen molar-refractivity contribution < 1.29 is 5.11 Å². The molecule has 0 saturated heterocycles. The number of hydrogen-bond donors (Lipinski definition) is 5. The van der Waals surface area contributed by atoms with E-state index in [1.807, 2.05) is 0 Å². The molecule has 2 saturated carbocycles. The molecule has 0 atom stereocenters. The van der Waals surface area contributed by atoms with Crippen LogP contribution in [-0.4, -0.2) is 50.5 Å².